The molecule has 0 bridgehead atoms. The van der Waals surface area contributed by atoms with Gasteiger partial charge in [-0.2, -0.15) is 5.26 Å². The van der Waals surface area contributed by atoms with E-state index in [4.69, 9.17) is 4.74 Å². The molecule has 2 rings (SSSR count). The van der Waals surface area contributed by atoms with E-state index in [2.05, 4.69) is 19.9 Å². The molecule has 8 nitrogen and oxygen atoms in total. The fraction of sp³-hybridized carbons (Fsp3) is 0.750. The highest BCUT2D eigenvalue weighted by Crippen LogP contribution is 2.37. The molecule has 0 amide bonds. The van der Waals surface area contributed by atoms with Crippen molar-refractivity contribution in [2.24, 2.45) is 35.5 Å². The summed E-state index contributed by atoms with van der Waals surface area (Å²) in [5, 5.41) is 50.8. The van der Waals surface area contributed by atoms with E-state index in [0.717, 1.165) is 19.3 Å². The van der Waals surface area contributed by atoms with E-state index in [1.54, 1.807) is 18.2 Å². The lowest BCUT2D eigenvalue weighted by atomic mass is 9.82. The predicted octanol–water partition coefficient (Wildman–Crippen LogP) is 3.61. The van der Waals surface area contributed by atoms with Crippen molar-refractivity contribution in [3.05, 3.63) is 23.8 Å². The molecule has 1 saturated carbocycles. The van der Waals surface area contributed by atoms with Crippen LogP contribution in [0.1, 0.15) is 72.6 Å². The standard InChI is InChI=1S/C28H43NO7/c1-16-9-17(2)11-19(4)27(33)20(15-29)7-5-6-8-25(22-12-21(30)13-23(22)28(34)35)36-26(32)14-24(31)18(3)10-16/h5-7,16-19,21-25,27,30-31,33H,8-14H2,1-4H3,(H,34,35)/t16-,17+,18-,19-,21-,22+,23+,24-,25-,27+/m0/s1. The van der Waals surface area contributed by atoms with Crippen molar-refractivity contribution in [3.63, 3.8) is 0 Å². The first kappa shape index (κ1) is 30.0. The Labute approximate surface area is 214 Å². The number of carboxylic acids is 1. The molecular formula is C28H43NO7. The molecular weight excluding hydrogens is 462 g/mol. The van der Waals surface area contributed by atoms with Gasteiger partial charge in [-0.15, -0.1) is 0 Å². The number of cyclic esters (lactones) is 1. The van der Waals surface area contributed by atoms with Gasteiger partial charge in [0.05, 0.1) is 42.3 Å². The first-order valence-electron chi connectivity index (χ1n) is 13.2. The second-order valence-electron chi connectivity index (χ2n) is 11.2. The zero-order chi connectivity index (χ0) is 27.0. The molecule has 10 atom stereocenters. The summed E-state index contributed by atoms with van der Waals surface area (Å²) in [5.41, 5.74) is 0.241. The van der Waals surface area contributed by atoms with Gasteiger partial charge in [-0.1, -0.05) is 39.8 Å². The first-order chi connectivity index (χ1) is 16.9. The van der Waals surface area contributed by atoms with Gasteiger partial charge in [0.1, 0.15) is 6.10 Å². The number of rotatable bonds is 2. The zero-order valence-electron chi connectivity index (χ0n) is 21.9. The van der Waals surface area contributed by atoms with Crippen LogP contribution >= 0.6 is 0 Å². The molecule has 36 heavy (non-hydrogen) atoms. The number of carboxylic acid groups (broad SMARTS) is 1. The van der Waals surface area contributed by atoms with Crippen LogP contribution < -0.4 is 0 Å². The highest BCUT2D eigenvalue weighted by atomic mass is 16.5. The fourth-order valence-corrected chi connectivity index (χ4v) is 5.96. The number of nitrogens with zero attached hydrogens (tertiary/aromatic N) is 1. The van der Waals surface area contributed by atoms with Crippen molar-refractivity contribution in [2.75, 3.05) is 0 Å². The van der Waals surface area contributed by atoms with Gasteiger partial charge >= 0.3 is 11.9 Å². The van der Waals surface area contributed by atoms with Crippen LogP contribution in [0.2, 0.25) is 0 Å². The van der Waals surface area contributed by atoms with E-state index in [1.165, 1.54) is 0 Å². The van der Waals surface area contributed by atoms with Gasteiger partial charge in [-0.05, 0) is 61.9 Å². The monoisotopic (exact) mass is 505 g/mol. The van der Waals surface area contributed by atoms with Crippen LogP contribution in [0, 0.1) is 46.8 Å². The highest BCUT2D eigenvalue weighted by molar-refractivity contribution is 5.72. The topological polar surface area (TPSA) is 148 Å². The lowest BCUT2D eigenvalue weighted by Crippen LogP contribution is -2.34. The molecule has 1 heterocycles. The molecule has 0 radical (unpaired) electrons. The van der Waals surface area contributed by atoms with Gasteiger partial charge in [-0.25, -0.2) is 0 Å². The molecule has 4 N–H and O–H groups in total. The number of allylic oxidation sites excluding steroid dienone is 2. The zero-order valence-corrected chi connectivity index (χ0v) is 21.9. The Balaban J connectivity index is 2.33. The Morgan fingerprint density at radius 3 is 2.25 bits per heavy atom. The molecule has 0 unspecified atom stereocenters. The van der Waals surface area contributed by atoms with Crippen molar-refractivity contribution in [2.45, 2.75) is 97.1 Å². The minimum Gasteiger partial charge on any atom is -0.481 e. The number of hydrogen-bond acceptors (Lipinski definition) is 7. The van der Waals surface area contributed by atoms with Crippen LogP contribution in [-0.2, 0) is 14.3 Å². The number of carbonyl (C=O) groups is 2. The molecule has 1 fully saturated rings. The predicted molar refractivity (Wildman–Crippen MR) is 134 cm³/mol. The summed E-state index contributed by atoms with van der Waals surface area (Å²) in [5.74, 6) is -2.69. The number of nitriles is 1. The normalized spacial score (nSPS) is 39.8. The Morgan fingerprint density at radius 1 is 1.00 bits per heavy atom. The molecule has 0 spiro atoms. The van der Waals surface area contributed by atoms with Gasteiger partial charge in [-0.3, -0.25) is 9.59 Å². The van der Waals surface area contributed by atoms with E-state index in [9.17, 15) is 35.3 Å². The van der Waals surface area contributed by atoms with Crippen LogP contribution in [0.4, 0.5) is 0 Å². The maximum atomic E-state index is 12.8. The smallest absolute Gasteiger partial charge is 0.308 e. The second kappa shape index (κ2) is 13.9. The number of ether oxygens (including phenoxy) is 1. The summed E-state index contributed by atoms with van der Waals surface area (Å²) in [6.07, 6.45) is 4.14. The van der Waals surface area contributed by atoms with E-state index >= 15 is 0 Å². The van der Waals surface area contributed by atoms with Crippen LogP contribution in [0.5, 0.6) is 0 Å². The van der Waals surface area contributed by atoms with Gasteiger partial charge in [0.15, 0.2) is 0 Å². The van der Waals surface area contributed by atoms with Crippen LogP contribution in [0.25, 0.3) is 0 Å². The van der Waals surface area contributed by atoms with Crippen LogP contribution in [-0.4, -0.2) is 56.8 Å². The Hall–Kier alpha value is -2.21. The van der Waals surface area contributed by atoms with Crippen LogP contribution in [0.15, 0.2) is 23.8 Å². The number of aliphatic hydroxyl groups excluding tert-OH is 3. The maximum absolute atomic E-state index is 12.8. The number of esters is 1. The van der Waals surface area contributed by atoms with Gasteiger partial charge in [0, 0.05) is 12.3 Å². The third kappa shape index (κ3) is 8.72. The number of hydrogen-bond donors (Lipinski definition) is 4. The quantitative estimate of drug-likeness (QED) is 0.416. The summed E-state index contributed by atoms with van der Waals surface area (Å²) >= 11 is 0. The second-order valence-corrected chi connectivity index (χ2v) is 11.2. The average molecular weight is 506 g/mol. The Morgan fingerprint density at radius 2 is 1.64 bits per heavy atom. The molecule has 0 aromatic heterocycles. The van der Waals surface area contributed by atoms with Crippen molar-refractivity contribution in [3.8, 4) is 6.07 Å². The molecule has 8 heteroatoms. The lowest BCUT2D eigenvalue weighted by molar-refractivity contribution is -0.159. The molecule has 202 valence electrons. The Kier molecular flexibility index (Phi) is 11.6. The molecule has 0 aromatic rings. The molecule has 1 aliphatic carbocycles. The maximum Gasteiger partial charge on any atom is 0.308 e. The van der Waals surface area contributed by atoms with E-state index in [0.29, 0.717) is 11.8 Å². The van der Waals surface area contributed by atoms with E-state index in [1.807, 2.05) is 13.8 Å². The van der Waals surface area contributed by atoms with Crippen molar-refractivity contribution < 1.29 is 34.8 Å². The molecule has 0 aromatic carbocycles. The number of aliphatic hydroxyl groups is 3. The number of carbonyl (C=O) groups excluding carboxylic acids is 1. The summed E-state index contributed by atoms with van der Waals surface area (Å²) in [6.45, 7) is 8.06. The SMILES string of the molecule is C[C@@H]1C[C@H](C)C[C@H](C)[C@@H](O)CC(=O)O[C@H]([C@@H]2C[C@H](O)C[C@H]2C(=O)O)CC=CC=C(C#N)[C@H](O)[C@@H](C)C1. The van der Waals surface area contributed by atoms with Crippen LogP contribution in [0.3, 0.4) is 0 Å². The van der Waals surface area contributed by atoms with Crippen molar-refractivity contribution in [1.82, 2.24) is 0 Å². The summed E-state index contributed by atoms with van der Waals surface area (Å²) in [4.78, 5) is 24.6. The Bertz CT molecular complexity index is 847. The summed E-state index contributed by atoms with van der Waals surface area (Å²) in [6, 6.07) is 2.08. The highest BCUT2D eigenvalue weighted by Gasteiger charge is 2.43. The summed E-state index contributed by atoms with van der Waals surface area (Å²) in [7, 11) is 0. The van der Waals surface area contributed by atoms with E-state index < -0.39 is 48.2 Å². The first-order valence-corrected chi connectivity index (χ1v) is 13.2. The van der Waals surface area contributed by atoms with Crippen molar-refractivity contribution in [1.29, 1.82) is 5.26 Å². The molecule has 1 aliphatic heterocycles. The molecule has 0 saturated heterocycles. The van der Waals surface area contributed by atoms with Gasteiger partial charge in [0.25, 0.3) is 0 Å². The molecule has 2 aliphatic rings. The minimum atomic E-state index is -1.04. The minimum absolute atomic E-state index is 0.0936. The van der Waals surface area contributed by atoms with Crippen molar-refractivity contribution >= 4 is 11.9 Å². The number of aliphatic carboxylic acids is 1. The van der Waals surface area contributed by atoms with Gasteiger partial charge in [0.2, 0.25) is 0 Å². The lowest BCUT2D eigenvalue weighted by Gasteiger charge is -2.28. The third-order valence-electron chi connectivity index (χ3n) is 7.82. The fourth-order valence-electron chi connectivity index (χ4n) is 5.96. The van der Waals surface area contributed by atoms with Gasteiger partial charge < -0.3 is 25.2 Å². The summed E-state index contributed by atoms with van der Waals surface area (Å²) < 4.78 is 5.70. The largest absolute Gasteiger partial charge is 0.481 e. The average Bonchev–Trinajstić information content (AvgIpc) is 3.18. The third-order valence-corrected chi connectivity index (χ3v) is 7.82. The van der Waals surface area contributed by atoms with E-state index in [-0.39, 0.29) is 43.1 Å².